The molecule has 1 amide bonds. The third-order valence-electron chi connectivity index (χ3n) is 3.25. The number of anilines is 1. The second-order valence-corrected chi connectivity index (χ2v) is 9.21. The molecule has 0 aliphatic heterocycles. The summed E-state index contributed by atoms with van der Waals surface area (Å²) >= 11 is 0. The molecule has 25 heavy (non-hydrogen) atoms. The molecule has 0 saturated carbocycles. The molecule has 1 aromatic rings. The Balaban J connectivity index is 0.00000576. The smallest absolute Gasteiger partial charge is 0.241 e. The molecule has 0 unspecified atom stereocenters. The van der Waals surface area contributed by atoms with E-state index in [4.69, 9.17) is 5.73 Å². The van der Waals surface area contributed by atoms with Crippen LogP contribution >= 0.6 is 12.4 Å². The van der Waals surface area contributed by atoms with Gasteiger partial charge in [-0.05, 0) is 57.7 Å². The molecule has 0 aliphatic rings. The van der Waals surface area contributed by atoms with Gasteiger partial charge in [0.2, 0.25) is 15.9 Å². The topological polar surface area (TPSA) is 101 Å². The van der Waals surface area contributed by atoms with Crippen LogP contribution in [0.1, 0.15) is 46.6 Å². The van der Waals surface area contributed by atoms with Gasteiger partial charge in [-0.2, -0.15) is 0 Å². The Morgan fingerprint density at radius 1 is 1.24 bits per heavy atom. The number of nitrogens with two attached hydrogens (primary N) is 1. The zero-order chi connectivity index (χ0) is 18.7. The quantitative estimate of drug-likeness (QED) is 0.693. The molecule has 0 saturated heterocycles. The highest BCUT2D eigenvalue weighted by atomic mass is 35.5. The molecular formula is C17H30ClN3O3S. The molecule has 1 rings (SSSR count). The molecule has 0 radical (unpaired) electrons. The summed E-state index contributed by atoms with van der Waals surface area (Å²) in [6.07, 6.45) is 0.564. The van der Waals surface area contributed by atoms with Crippen molar-refractivity contribution >= 4 is 34.0 Å². The average molecular weight is 392 g/mol. The van der Waals surface area contributed by atoms with Crippen LogP contribution in [0.4, 0.5) is 5.69 Å². The fourth-order valence-electron chi connectivity index (χ4n) is 2.28. The Hall–Kier alpha value is -1.15. The highest BCUT2D eigenvalue weighted by molar-refractivity contribution is 7.89. The fourth-order valence-corrected chi connectivity index (χ4v) is 3.97. The standard InChI is InChI=1S/C17H29N3O3S.ClH/c1-11(2)9-14(18)16(21)19-13-8-7-12(3)15(10-13)24(22,23)20-17(4,5)6;/h7-8,10-11,14,20H,9,18H2,1-6H3,(H,19,21);1H/t14-;/m0./s1. The Kier molecular flexibility index (Phi) is 8.57. The van der Waals surface area contributed by atoms with Gasteiger partial charge in [0.15, 0.2) is 0 Å². The summed E-state index contributed by atoms with van der Waals surface area (Å²) in [5.41, 5.74) is 6.29. The number of benzene rings is 1. The lowest BCUT2D eigenvalue weighted by Gasteiger charge is -2.21. The van der Waals surface area contributed by atoms with Crippen LogP contribution in [0.5, 0.6) is 0 Å². The zero-order valence-electron chi connectivity index (χ0n) is 15.7. The Morgan fingerprint density at radius 2 is 1.80 bits per heavy atom. The zero-order valence-corrected chi connectivity index (χ0v) is 17.3. The molecule has 1 aromatic carbocycles. The van der Waals surface area contributed by atoms with Gasteiger partial charge in [0.25, 0.3) is 0 Å². The first kappa shape index (κ1) is 23.9. The van der Waals surface area contributed by atoms with Gasteiger partial charge in [-0.1, -0.05) is 19.9 Å². The maximum Gasteiger partial charge on any atom is 0.241 e. The van der Waals surface area contributed by atoms with E-state index in [-0.39, 0.29) is 23.2 Å². The van der Waals surface area contributed by atoms with E-state index in [1.165, 1.54) is 6.07 Å². The van der Waals surface area contributed by atoms with E-state index in [0.717, 1.165) is 0 Å². The Bertz CT molecular complexity index is 698. The summed E-state index contributed by atoms with van der Waals surface area (Å²) in [5, 5.41) is 2.69. The van der Waals surface area contributed by atoms with Crippen LogP contribution < -0.4 is 15.8 Å². The van der Waals surface area contributed by atoms with Crippen LogP contribution in [-0.2, 0) is 14.8 Å². The Morgan fingerprint density at radius 3 is 2.28 bits per heavy atom. The summed E-state index contributed by atoms with van der Waals surface area (Å²) in [5.74, 6) is -0.0182. The molecule has 0 spiro atoms. The van der Waals surface area contributed by atoms with Crippen molar-refractivity contribution < 1.29 is 13.2 Å². The van der Waals surface area contributed by atoms with Gasteiger partial charge < -0.3 is 11.1 Å². The van der Waals surface area contributed by atoms with Crippen molar-refractivity contribution in [3.8, 4) is 0 Å². The van der Waals surface area contributed by atoms with Gasteiger partial charge in [-0.3, -0.25) is 4.79 Å². The summed E-state index contributed by atoms with van der Waals surface area (Å²) < 4.78 is 27.7. The van der Waals surface area contributed by atoms with E-state index >= 15 is 0 Å². The number of aryl methyl sites for hydroxylation is 1. The minimum absolute atomic E-state index is 0. The van der Waals surface area contributed by atoms with Crippen molar-refractivity contribution in [1.82, 2.24) is 4.72 Å². The fraction of sp³-hybridized carbons (Fsp3) is 0.588. The number of halogens is 1. The monoisotopic (exact) mass is 391 g/mol. The van der Waals surface area contributed by atoms with E-state index in [1.54, 1.807) is 39.8 Å². The number of carbonyl (C=O) groups is 1. The lowest BCUT2D eigenvalue weighted by atomic mass is 10.0. The molecule has 6 nitrogen and oxygen atoms in total. The molecule has 4 N–H and O–H groups in total. The molecule has 0 aromatic heterocycles. The van der Waals surface area contributed by atoms with E-state index in [9.17, 15) is 13.2 Å². The summed E-state index contributed by atoms with van der Waals surface area (Å²) in [6, 6.07) is 4.18. The number of nitrogens with one attached hydrogen (secondary N) is 2. The number of sulfonamides is 1. The van der Waals surface area contributed by atoms with Crippen molar-refractivity contribution in [1.29, 1.82) is 0 Å². The number of hydrogen-bond acceptors (Lipinski definition) is 4. The lowest BCUT2D eigenvalue weighted by Crippen LogP contribution is -2.40. The van der Waals surface area contributed by atoms with E-state index in [1.807, 2.05) is 13.8 Å². The third kappa shape index (κ3) is 7.73. The molecule has 0 heterocycles. The van der Waals surface area contributed by atoms with Crippen molar-refractivity contribution in [2.45, 2.75) is 64.4 Å². The minimum Gasteiger partial charge on any atom is -0.325 e. The average Bonchev–Trinajstić information content (AvgIpc) is 2.37. The van der Waals surface area contributed by atoms with E-state index in [2.05, 4.69) is 10.0 Å². The summed E-state index contributed by atoms with van der Waals surface area (Å²) in [6.45, 7) is 11.0. The maximum absolute atomic E-state index is 12.5. The lowest BCUT2D eigenvalue weighted by molar-refractivity contribution is -0.117. The van der Waals surface area contributed by atoms with Crippen LogP contribution in [-0.4, -0.2) is 25.9 Å². The molecular weight excluding hydrogens is 362 g/mol. The molecule has 144 valence electrons. The van der Waals surface area contributed by atoms with Crippen LogP contribution in [0.2, 0.25) is 0 Å². The Labute approximate surface area is 157 Å². The van der Waals surface area contributed by atoms with Crippen molar-refractivity contribution in [3.05, 3.63) is 23.8 Å². The predicted octanol–water partition coefficient (Wildman–Crippen LogP) is 2.81. The largest absolute Gasteiger partial charge is 0.325 e. The van der Waals surface area contributed by atoms with Gasteiger partial charge in [-0.15, -0.1) is 12.4 Å². The highest BCUT2D eigenvalue weighted by Crippen LogP contribution is 2.22. The SMILES string of the molecule is Cc1ccc(NC(=O)[C@@H](N)CC(C)C)cc1S(=O)(=O)NC(C)(C)C.Cl. The summed E-state index contributed by atoms with van der Waals surface area (Å²) in [7, 11) is -3.68. The normalized spacial score (nSPS) is 13.3. The van der Waals surface area contributed by atoms with E-state index in [0.29, 0.717) is 23.6 Å². The van der Waals surface area contributed by atoms with Gasteiger partial charge in [-0.25, -0.2) is 13.1 Å². The van der Waals surface area contributed by atoms with Crippen LogP contribution in [0, 0.1) is 12.8 Å². The van der Waals surface area contributed by atoms with Crippen molar-refractivity contribution in [2.75, 3.05) is 5.32 Å². The number of rotatable bonds is 6. The third-order valence-corrected chi connectivity index (χ3v) is 5.15. The molecule has 1 atom stereocenters. The number of hydrogen-bond donors (Lipinski definition) is 3. The van der Waals surface area contributed by atoms with E-state index < -0.39 is 21.6 Å². The van der Waals surface area contributed by atoms with Gasteiger partial charge in [0, 0.05) is 11.2 Å². The maximum atomic E-state index is 12.5. The van der Waals surface area contributed by atoms with Crippen LogP contribution in [0.3, 0.4) is 0 Å². The summed E-state index contributed by atoms with van der Waals surface area (Å²) in [4.78, 5) is 12.3. The second-order valence-electron chi connectivity index (χ2n) is 7.56. The highest BCUT2D eigenvalue weighted by Gasteiger charge is 2.24. The first-order chi connectivity index (χ1) is 10.8. The first-order valence-corrected chi connectivity index (χ1v) is 9.51. The van der Waals surface area contributed by atoms with Crippen molar-refractivity contribution in [2.24, 2.45) is 11.7 Å². The predicted molar refractivity (Wildman–Crippen MR) is 105 cm³/mol. The number of carbonyl (C=O) groups excluding carboxylic acids is 1. The van der Waals surface area contributed by atoms with Gasteiger partial charge in [0.05, 0.1) is 10.9 Å². The molecule has 0 bridgehead atoms. The number of amides is 1. The van der Waals surface area contributed by atoms with Gasteiger partial charge >= 0.3 is 0 Å². The molecule has 8 heteroatoms. The molecule has 0 aliphatic carbocycles. The molecule has 0 fully saturated rings. The minimum atomic E-state index is -3.68. The van der Waals surface area contributed by atoms with Gasteiger partial charge in [0.1, 0.15) is 0 Å². The second kappa shape index (κ2) is 8.98. The van der Waals surface area contributed by atoms with Crippen molar-refractivity contribution in [3.63, 3.8) is 0 Å². The van der Waals surface area contributed by atoms with Crippen LogP contribution in [0.15, 0.2) is 23.1 Å². The van der Waals surface area contributed by atoms with Crippen LogP contribution in [0.25, 0.3) is 0 Å². The first-order valence-electron chi connectivity index (χ1n) is 8.03.